The Hall–Kier alpha value is -2.47. The van der Waals surface area contributed by atoms with Crippen molar-refractivity contribution >= 4 is 17.3 Å². The second-order valence-electron chi connectivity index (χ2n) is 4.49. The fourth-order valence-corrected chi connectivity index (χ4v) is 2.22. The highest BCUT2D eigenvalue weighted by Gasteiger charge is 2.14. The van der Waals surface area contributed by atoms with Crippen molar-refractivity contribution in [3.05, 3.63) is 58.9 Å². The highest BCUT2D eigenvalue weighted by atomic mass is 35.5. The molecule has 0 radical (unpaired) electrons. The molecule has 3 rings (SSSR count). The predicted octanol–water partition coefficient (Wildman–Crippen LogP) is 2.76. The number of aromatic nitrogens is 4. The molecule has 0 saturated heterocycles. The Kier molecular flexibility index (Phi) is 3.53. The molecule has 0 aliphatic carbocycles. The summed E-state index contributed by atoms with van der Waals surface area (Å²) in [7, 11) is 0. The zero-order chi connectivity index (χ0) is 14.8. The normalized spacial score (nSPS) is 10.8. The summed E-state index contributed by atoms with van der Waals surface area (Å²) in [5.41, 5.74) is 7.77. The van der Waals surface area contributed by atoms with Gasteiger partial charge in [0.2, 0.25) is 0 Å². The second kappa shape index (κ2) is 5.49. The van der Waals surface area contributed by atoms with Crippen LogP contribution in [-0.4, -0.2) is 20.2 Å². The molecule has 0 unspecified atom stereocenters. The lowest BCUT2D eigenvalue weighted by molar-refractivity contribution is 0.615. The molecule has 0 aliphatic heterocycles. The molecule has 1 heterocycles. The van der Waals surface area contributed by atoms with Crippen LogP contribution in [0, 0.1) is 5.82 Å². The Morgan fingerprint density at radius 2 is 2.00 bits per heavy atom. The van der Waals surface area contributed by atoms with Crippen molar-refractivity contribution in [3.8, 4) is 11.4 Å². The van der Waals surface area contributed by atoms with Crippen LogP contribution in [0.2, 0.25) is 5.02 Å². The first kappa shape index (κ1) is 13.5. The minimum Gasteiger partial charge on any atom is -0.397 e. The summed E-state index contributed by atoms with van der Waals surface area (Å²) < 4.78 is 14.8. The number of nitrogens with two attached hydrogens (primary N) is 1. The van der Waals surface area contributed by atoms with Crippen LogP contribution < -0.4 is 5.73 Å². The number of hydrogen-bond acceptors (Lipinski definition) is 4. The van der Waals surface area contributed by atoms with Gasteiger partial charge in [-0.3, -0.25) is 0 Å². The predicted molar refractivity (Wildman–Crippen MR) is 78.2 cm³/mol. The van der Waals surface area contributed by atoms with E-state index in [2.05, 4.69) is 15.5 Å². The van der Waals surface area contributed by atoms with Crippen molar-refractivity contribution in [2.24, 2.45) is 0 Å². The Labute approximate surface area is 125 Å². The molecule has 0 atom stereocenters. The average molecular weight is 304 g/mol. The van der Waals surface area contributed by atoms with E-state index in [-0.39, 0.29) is 5.82 Å². The van der Waals surface area contributed by atoms with Gasteiger partial charge in [0.1, 0.15) is 5.82 Å². The maximum Gasteiger partial charge on any atom is 0.184 e. The molecule has 0 aliphatic rings. The lowest BCUT2D eigenvalue weighted by Crippen LogP contribution is -2.06. The van der Waals surface area contributed by atoms with Crippen LogP contribution >= 0.6 is 11.6 Å². The summed E-state index contributed by atoms with van der Waals surface area (Å²) >= 11 is 6.01. The number of anilines is 1. The number of halogens is 2. The summed E-state index contributed by atoms with van der Waals surface area (Å²) in [6.07, 6.45) is 0. The third-order valence-corrected chi connectivity index (χ3v) is 3.38. The first-order valence-electron chi connectivity index (χ1n) is 6.20. The zero-order valence-electron chi connectivity index (χ0n) is 10.9. The molecule has 0 amide bonds. The molecule has 0 bridgehead atoms. The van der Waals surface area contributed by atoms with Gasteiger partial charge in [0.05, 0.1) is 17.3 Å². The largest absolute Gasteiger partial charge is 0.397 e. The first-order valence-corrected chi connectivity index (χ1v) is 6.58. The van der Waals surface area contributed by atoms with Gasteiger partial charge in [-0.2, -0.15) is 0 Å². The van der Waals surface area contributed by atoms with E-state index < -0.39 is 0 Å². The average Bonchev–Trinajstić information content (AvgIpc) is 2.90. The van der Waals surface area contributed by atoms with Crippen LogP contribution in [-0.2, 0) is 6.54 Å². The van der Waals surface area contributed by atoms with Crippen LogP contribution in [0.1, 0.15) is 5.56 Å². The van der Waals surface area contributed by atoms with Crippen LogP contribution in [0.4, 0.5) is 10.1 Å². The molecule has 2 N–H and O–H groups in total. The molecule has 2 aromatic carbocycles. The fraction of sp³-hybridized carbons (Fsp3) is 0.0714. The molecule has 5 nitrogen and oxygen atoms in total. The van der Waals surface area contributed by atoms with E-state index in [1.807, 2.05) is 0 Å². The van der Waals surface area contributed by atoms with Crippen LogP contribution in [0.5, 0.6) is 0 Å². The molecule has 106 valence electrons. The Bertz CT molecular complexity index is 787. The van der Waals surface area contributed by atoms with Crippen molar-refractivity contribution < 1.29 is 4.39 Å². The highest BCUT2D eigenvalue weighted by molar-refractivity contribution is 6.33. The van der Waals surface area contributed by atoms with E-state index in [1.165, 1.54) is 12.1 Å². The second-order valence-corrected chi connectivity index (χ2v) is 4.90. The van der Waals surface area contributed by atoms with Gasteiger partial charge in [-0.15, -0.1) is 5.10 Å². The minimum atomic E-state index is -0.301. The molecule has 0 spiro atoms. The minimum absolute atomic E-state index is 0.301. The summed E-state index contributed by atoms with van der Waals surface area (Å²) in [4.78, 5) is 0. The smallest absolute Gasteiger partial charge is 0.184 e. The lowest BCUT2D eigenvalue weighted by Gasteiger charge is -2.08. The highest BCUT2D eigenvalue weighted by Crippen LogP contribution is 2.29. The van der Waals surface area contributed by atoms with Gasteiger partial charge in [0, 0.05) is 5.56 Å². The molecule has 3 aromatic rings. The molecule has 21 heavy (non-hydrogen) atoms. The maximum absolute atomic E-state index is 13.2. The number of nitrogen functional groups attached to an aromatic ring is 1. The fourth-order valence-electron chi connectivity index (χ4n) is 2.04. The molecule has 0 saturated carbocycles. The SMILES string of the molecule is Nc1c(Cl)cccc1-c1nnnn1Cc1cccc(F)c1. The zero-order valence-corrected chi connectivity index (χ0v) is 11.6. The number of hydrogen-bond donors (Lipinski definition) is 1. The molecular weight excluding hydrogens is 293 g/mol. The summed E-state index contributed by atoms with van der Waals surface area (Å²) in [5.74, 6) is 0.184. The van der Waals surface area contributed by atoms with Gasteiger partial charge in [-0.05, 0) is 40.3 Å². The molecule has 7 heteroatoms. The van der Waals surface area contributed by atoms with Crippen LogP contribution in [0.15, 0.2) is 42.5 Å². The van der Waals surface area contributed by atoms with Gasteiger partial charge in [0.25, 0.3) is 0 Å². The van der Waals surface area contributed by atoms with E-state index in [1.54, 1.807) is 35.0 Å². The van der Waals surface area contributed by atoms with E-state index in [4.69, 9.17) is 17.3 Å². The van der Waals surface area contributed by atoms with Crippen molar-refractivity contribution in [1.82, 2.24) is 20.2 Å². The van der Waals surface area contributed by atoms with Crippen molar-refractivity contribution in [1.29, 1.82) is 0 Å². The molecule has 1 aromatic heterocycles. The number of tetrazole rings is 1. The van der Waals surface area contributed by atoms with E-state index in [0.717, 1.165) is 5.56 Å². The van der Waals surface area contributed by atoms with Crippen molar-refractivity contribution in [3.63, 3.8) is 0 Å². The van der Waals surface area contributed by atoms with Gasteiger partial charge in [0.15, 0.2) is 5.82 Å². The number of benzene rings is 2. The number of nitrogens with zero attached hydrogens (tertiary/aromatic N) is 4. The summed E-state index contributed by atoms with van der Waals surface area (Å²) in [6.45, 7) is 0.339. The number of rotatable bonds is 3. The maximum atomic E-state index is 13.2. The van der Waals surface area contributed by atoms with Crippen molar-refractivity contribution in [2.45, 2.75) is 6.54 Å². The third-order valence-electron chi connectivity index (χ3n) is 3.05. The first-order chi connectivity index (χ1) is 10.1. The standard InChI is InChI=1S/C14H11ClFN5/c15-12-6-2-5-11(13(12)17)14-18-19-20-21(14)8-9-3-1-4-10(16)7-9/h1-7H,8,17H2. The summed E-state index contributed by atoms with van der Waals surface area (Å²) in [5, 5.41) is 12.0. The van der Waals surface area contributed by atoms with Gasteiger partial charge < -0.3 is 5.73 Å². The number of para-hydroxylation sites is 1. The summed E-state index contributed by atoms with van der Waals surface area (Å²) in [6, 6.07) is 11.5. The molecule has 0 fully saturated rings. The van der Waals surface area contributed by atoms with Gasteiger partial charge >= 0.3 is 0 Å². The van der Waals surface area contributed by atoms with Crippen LogP contribution in [0.3, 0.4) is 0 Å². The van der Waals surface area contributed by atoms with Gasteiger partial charge in [-0.25, -0.2) is 9.07 Å². The molecular formula is C14H11ClFN5. The lowest BCUT2D eigenvalue weighted by atomic mass is 10.1. The van der Waals surface area contributed by atoms with Gasteiger partial charge in [-0.1, -0.05) is 29.8 Å². The Morgan fingerprint density at radius 3 is 2.81 bits per heavy atom. The topological polar surface area (TPSA) is 69.6 Å². The Morgan fingerprint density at radius 1 is 1.19 bits per heavy atom. The van der Waals surface area contributed by atoms with E-state index in [0.29, 0.717) is 28.6 Å². The van der Waals surface area contributed by atoms with Crippen LogP contribution in [0.25, 0.3) is 11.4 Å². The quantitative estimate of drug-likeness (QED) is 0.755. The monoisotopic (exact) mass is 303 g/mol. The van der Waals surface area contributed by atoms with Crippen molar-refractivity contribution in [2.75, 3.05) is 5.73 Å². The van der Waals surface area contributed by atoms with E-state index in [9.17, 15) is 4.39 Å². The van der Waals surface area contributed by atoms with E-state index >= 15 is 0 Å². The third kappa shape index (κ3) is 2.71. The Balaban J connectivity index is 2.00.